The van der Waals surface area contributed by atoms with Crippen molar-refractivity contribution in [3.63, 3.8) is 0 Å². The van der Waals surface area contributed by atoms with Gasteiger partial charge in [0.15, 0.2) is 6.10 Å². The molecule has 0 bridgehead atoms. The first kappa shape index (κ1) is 14.5. The third kappa shape index (κ3) is 3.07. The molecule has 1 aliphatic rings. The summed E-state index contributed by atoms with van der Waals surface area (Å²) in [6.07, 6.45) is -0.158. The standard InChI is InChI=1S/C14H15N3O5/c18-11-6-16-7-13(17(19)20)15-14(16)22-12(11)9-21-8-10-4-2-1-3-5-10/h1-5,7,11-12,18H,6,8-9H2/t11-,12-/m0/s1. The maximum atomic E-state index is 10.7. The van der Waals surface area contributed by atoms with Crippen LogP contribution in [0, 0.1) is 10.1 Å². The smallest absolute Gasteiger partial charge is 0.414 e. The Morgan fingerprint density at radius 2 is 2.23 bits per heavy atom. The second-order valence-corrected chi connectivity index (χ2v) is 5.02. The number of rotatable bonds is 5. The molecule has 0 radical (unpaired) electrons. The van der Waals surface area contributed by atoms with Crippen molar-refractivity contribution in [2.45, 2.75) is 25.4 Å². The Kier molecular flexibility index (Phi) is 4.03. The molecule has 22 heavy (non-hydrogen) atoms. The molecule has 0 aliphatic carbocycles. The van der Waals surface area contributed by atoms with Crippen molar-refractivity contribution < 1.29 is 19.5 Å². The summed E-state index contributed by atoms with van der Waals surface area (Å²) in [5.74, 6) is -0.298. The van der Waals surface area contributed by atoms with Gasteiger partial charge in [-0.1, -0.05) is 30.3 Å². The van der Waals surface area contributed by atoms with E-state index in [2.05, 4.69) is 4.98 Å². The highest BCUT2D eigenvalue weighted by atomic mass is 16.6. The number of hydrogen-bond acceptors (Lipinski definition) is 6. The highest BCUT2D eigenvalue weighted by Crippen LogP contribution is 2.24. The van der Waals surface area contributed by atoms with Crippen molar-refractivity contribution in [2.75, 3.05) is 6.61 Å². The lowest BCUT2D eigenvalue weighted by atomic mass is 10.2. The molecule has 1 aromatic heterocycles. The highest BCUT2D eigenvalue weighted by molar-refractivity contribution is 5.22. The van der Waals surface area contributed by atoms with Gasteiger partial charge in [0.1, 0.15) is 12.3 Å². The minimum atomic E-state index is -0.808. The fourth-order valence-electron chi connectivity index (χ4n) is 2.24. The van der Waals surface area contributed by atoms with Gasteiger partial charge in [-0.3, -0.25) is 4.57 Å². The summed E-state index contributed by atoms with van der Waals surface area (Å²) in [5, 5.41) is 20.7. The Bertz CT molecular complexity index is 658. The first-order chi connectivity index (χ1) is 10.6. The lowest BCUT2D eigenvalue weighted by molar-refractivity contribution is -0.389. The van der Waals surface area contributed by atoms with Crippen LogP contribution in [0.3, 0.4) is 0 Å². The molecule has 0 unspecified atom stereocenters. The van der Waals surface area contributed by atoms with E-state index in [1.807, 2.05) is 30.3 Å². The van der Waals surface area contributed by atoms with Gasteiger partial charge in [0.25, 0.3) is 0 Å². The fraction of sp³-hybridized carbons (Fsp3) is 0.357. The van der Waals surface area contributed by atoms with Crippen LogP contribution in [0.1, 0.15) is 5.56 Å². The van der Waals surface area contributed by atoms with E-state index in [4.69, 9.17) is 9.47 Å². The van der Waals surface area contributed by atoms with Crippen molar-refractivity contribution in [1.82, 2.24) is 9.55 Å². The molecule has 8 heteroatoms. The number of aromatic nitrogens is 2. The van der Waals surface area contributed by atoms with Gasteiger partial charge in [0.05, 0.1) is 19.8 Å². The van der Waals surface area contributed by atoms with Crippen LogP contribution in [0.25, 0.3) is 0 Å². The zero-order chi connectivity index (χ0) is 15.5. The van der Waals surface area contributed by atoms with E-state index in [-0.39, 0.29) is 25.0 Å². The van der Waals surface area contributed by atoms with Crippen LogP contribution in [0.15, 0.2) is 36.5 Å². The van der Waals surface area contributed by atoms with Crippen LogP contribution in [0.4, 0.5) is 5.82 Å². The monoisotopic (exact) mass is 305 g/mol. The summed E-state index contributed by atoms with van der Waals surface area (Å²) in [6, 6.07) is 9.76. The maximum absolute atomic E-state index is 10.7. The van der Waals surface area contributed by atoms with Crippen molar-refractivity contribution in [3.8, 4) is 6.01 Å². The Morgan fingerprint density at radius 3 is 2.95 bits per heavy atom. The van der Waals surface area contributed by atoms with Crippen molar-refractivity contribution in [2.24, 2.45) is 0 Å². The van der Waals surface area contributed by atoms with E-state index in [9.17, 15) is 15.2 Å². The first-order valence-electron chi connectivity index (χ1n) is 6.81. The van der Waals surface area contributed by atoms with E-state index in [0.717, 1.165) is 5.56 Å². The van der Waals surface area contributed by atoms with Gasteiger partial charge in [-0.25, -0.2) is 0 Å². The minimum absolute atomic E-state index is 0.130. The summed E-state index contributed by atoms with van der Waals surface area (Å²) in [5.41, 5.74) is 1.02. The molecule has 2 atom stereocenters. The lowest BCUT2D eigenvalue weighted by Crippen LogP contribution is -2.43. The van der Waals surface area contributed by atoms with E-state index in [1.165, 1.54) is 10.8 Å². The third-order valence-corrected chi connectivity index (χ3v) is 3.38. The van der Waals surface area contributed by atoms with Gasteiger partial charge in [-0.15, -0.1) is 0 Å². The van der Waals surface area contributed by atoms with E-state index in [1.54, 1.807) is 0 Å². The van der Waals surface area contributed by atoms with Crippen LogP contribution in [-0.4, -0.2) is 38.4 Å². The summed E-state index contributed by atoms with van der Waals surface area (Å²) in [4.78, 5) is 13.9. The number of imidazole rings is 1. The Balaban J connectivity index is 1.59. The average Bonchev–Trinajstić information content (AvgIpc) is 2.91. The molecule has 0 spiro atoms. The van der Waals surface area contributed by atoms with Crippen LogP contribution in [0.2, 0.25) is 0 Å². The van der Waals surface area contributed by atoms with Gasteiger partial charge in [0.2, 0.25) is 0 Å². The molecule has 0 amide bonds. The van der Waals surface area contributed by atoms with Crippen molar-refractivity contribution in [1.29, 1.82) is 0 Å². The van der Waals surface area contributed by atoms with Crippen LogP contribution in [0.5, 0.6) is 6.01 Å². The number of nitrogens with zero attached hydrogens (tertiary/aromatic N) is 3. The number of nitro groups is 1. The number of aliphatic hydroxyl groups excluding tert-OH is 1. The van der Waals surface area contributed by atoms with Crippen LogP contribution < -0.4 is 4.74 Å². The minimum Gasteiger partial charge on any atom is -0.437 e. The molecule has 2 heterocycles. The molecule has 3 rings (SSSR count). The summed E-state index contributed by atoms with van der Waals surface area (Å²) < 4.78 is 12.5. The Labute approximate surface area is 126 Å². The van der Waals surface area contributed by atoms with Gasteiger partial charge >= 0.3 is 11.8 Å². The van der Waals surface area contributed by atoms with Crippen molar-refractivity contribution >= 4 is 5.82 Å². The lowest BCUT2D eigenvalue weighted by Gasteiger charge is -2.27. The average molecular weight is 305 g/mol. The topological polar surface area (TPSA) is 99.7 Å². The molecule has 0 saturated heterocycles. The van der Waals surface area contributed by atoms with Gasteiger partial charge in [0, 0.05) is 4.98 Å². The van der Waals surface area contributed by atoms with Crippen LogP contribution >= 0.6 is 0 Å². The summed E-state index contributed by atoms with van der Waals surface area (Å²) in [7, 11) is 0. The SMILES string of the molecule is O=[N+]([O-])c1cn2c(n1)O[C@@H](COCc1ccccc1)[C@@H](O)C2. The maximum Gasteiger partial charge on any atom is 0.414 e. The number of hydrogen-bond donors (Lipinski definition) is 1. The van der Waals surface area contributed by atoms with E-state index >= 15 is 0 Å². The van der Waals surface area contributed by atoms with E-state index < -0.39 is 17.1 Å². The number of fused-ring (bicyclic) bond motifs is 1. The number of aliphatic hydroxyl groups is 1. The van der Waals surface area contributed by atoms with Gasteiger partial charge < -0.3 is 24.7 Å². The summed E-state index contributed by atoms with van der Waals surface area (Å²) in [6.45, 7) is 0.772. The predicted molar refractivity (Wildman–Crippen MR) is 75.4 cm³/mol. The quantitative estimate of drug-likeness (QED) is 0.656. The van der Waals surface area contributed by atoms with Crippen LogP contribution in [-0.2, 0) is 17.9 Å². The molecule has 0 fully saturated rings. The third-order valence-electron chi connectivity index (χ3n) is 3.38. The molecule has 8 nitrogen and oxygen atoms in total. The molecule has 116 valence electrons. The summed E-state index contributed by atoms with van der Waals surface area (Å²) >= 11 is 0. The zero-order valence-corrected chi connectivity index (χ0v) is 11.7. The predicted octanol–water partition coefficient (Wildman–Crippen LogP) is 1.13. The van der Waals surface area contributed by atoms with Crippen molar-refractivity contribution in [3.05, 3.63) is 52.2 Å². The second-order valence-electron chi connectivity index (χ2n) is 5.02. The van der Waals surface area contributed by atoms with Gasteiger partial charge in [-0.2, -0.15) is 0 Å². The van der Waals surface area contributed by atoms with E-state index in [0.29, 0.717) is 6.61 Å². The number of ether oxygens (including phenoxy) is 2. The molecular weight excluding hydrogens is 290 g/mol. The normalized spacial score (nSPS) is 20.2. The molecule has 0 saturated carbocycles. The molecule has 1 N–H and O–H groups in total. The molecule has 1 aliphatic heterocycles. The first-order valence-corrected chi connectivity index (χ1v) is 6.81. The van der Waals surface area contributed by atoms with Gasteiger partial charge in [-0.05, 0) is 10.5 Å². The Morgan fingerprint density at radius 1 is 1.45 bits per heavy atom. The molecule has 1 aromatic carbocycles. The highest BCUT2D eigenvalue weighted by Gasteiger charge is 2.34. The fourth-order valence-corrected chi connectivity index (χ4v) is 2.24. The Hall–Kier alpha value is -2.45. The molecule has 2 aromatic rings. The zero-order valence-electron chi connectivity index (χ0n) is 11.7. The second kappa shape index (κ2) is 6.12. The molecular formula is C14H15N3O5. The number of benzene rings is 1. The largest absolute Gasteiger partial charge is 0.437 e.